The number of anilines is 1. The monoisotopic (exact) mass is 664 g/mol. The molecule has 1 fully saturated rings. The maximum absolute atomic E-state index is 14.0. The summed E-state index contributed by atoms with van der Waals surface area (Å²) in [5.74, 6) is 0.190. The van der Waals surface area contributed by atoms with Crippen molar-refractivity contribution in [3.63, 3.8) is 0 Å². The lowest BCUT2D eigenvalue weighted by atomic mass is 9.70. The van der Waals surface area contributed by atoms with Crippen molar-refractivity contribution in [2.75, 3.05) is 50.7 Å². The van der Waals surface area contributed by atoms with E-state index >= 15 is 0 Å². The Kier molecular flexibility index (Phi) is 9.31. The summed E-state index contributed by atoms with van der Waals surface area (Å²) in [6.45, 7) is 8.53. The highest BCUT2D eigenvalue weighted by molar-refractivity contribution is 7.99. The average molecular weight is 665 g/mol. The van der Waals surface area contributed by atoms with Crippen molar-refractivity contribution < 1.29 is 9.59 Å². The molecule has 0 radical (unpaired) electrons. The van der Waals surface area contributed by atoms with E-state index in [1.807, 2.05) is 36.1 Å². The van der Waals surface area contributed by atoms with E-state index < -0.39 is 5.41 Å². The van der Waals surface area contributed by atoms with Crippen LogP contribution in [0, 0.1) is 0 Å². The molecule has 3 heterocycles. The minimum atomic E-state index is -0.702. The molecule has 0 unspecified atom stereocenters. The molecule has 0 aromatic heterocycles. The van der Waals surface area contributed by atoms with Crippen LogP contribution < -0.4 is 10.2 Å². The molecule has 6 nitrogen and oxygen atoms in total. The molecule has 0 atom stereocenters. The minimum absolute atomic E-state index is 0.0945. The van der Waals surface area contributed by atoms with Crippen molar-refractivity contribution in [1.29, 1.82) is 0 Å². The summed E-state index contributed by atoms with van der Waals surface area (Å²) in [6, 6.07) is 31.0. The van der Waals surface area contributed by atoms with E-state index in [2.05, 4.69) is 81.8 Å². The Labute approximate surface area is 287 Å². The van der Waals surface area contributed by atoms with Gasteiger partial charge in [0.15, 0.2) is 0 Å². The third kappa shape index (κ3) is 6.29. The molecule has 3 aliphatic rings. The van der Waals surface area contributed by atoms with Crippen LogP contribution in [0.3, 0.4) is 0 Å². The molecule has 47 heavy (non-hydrogen) atoms. The normalized spacial score (nSPS) is 17.1. The van der Waals surface area contributed by atoms with Crippen LogP contribution in [0.1, 0.15) is 52.4 Å². The number of nitrogens with zero attached hydrogens (tertiary/aromatic N) is 3. The van der Waals surface area contributed by atoms with E-state index in [9.17, 15) is 9.59 Å². The van der Waals surface area contributed by atoms with E-state index in [0.29, 0.717) is 24.7 Å². The van der Waals surface area contributed by atoms with Crippen LogP contribution >= 0.6 is 23.4 Å². The number of benzene rings is 4. The Morgan fingerprint density at radius 2 is 1.60 bits per heavy atom. The van der Waals surface area contributed by atoms with Gasteiger partial charge < -0.3 is 15.1 Å². The summed E-state index contributed by atoms with van der Waals surface area (Å²) in [7, 11) is 0. The van der Waals surface area contributed by atoms with Gasteiger partial charge in [0, 0.05) is 71.9 Å². The van der Waals surface area contributed by atoms with Crippen molar-refractivity contribution in [2.45, 2.75) is 47.9 Å². The Bertz CT molecular complexity index is 1740. The summed E-state index contributed by atoms with van der Waals surface area (Å²) >= 11 is 7.96. The van der Waals surface area contributed by atoms with Crippen LogP contribution in [0.15, 0.2) is 101 Å². The molecule has 4 aromatic rings. The number of amides is 2. The molecule has 1 saturated heterocycles. The quantitative estimate of drug-likeness (QED) is 0.208. The standard InChI is InChI=1S/C39H41ClN4O2S/c1-2-41-38(46)39(33-11-3-5-13-35(33)47-36-14-6-4-12-34(36)39)18-8-19-42-21-23-43(24-22-42)31-16-15-29-17-20-44(37(45)32(29)26-31)27-28-9-7-10-30(40)25-28/h3-7,9-16,25-26H,2,8,17-24,27H2,1H3,(H,41,46). The Morgan fingerprint density at radius 1 is 0.872 bits per heavy atom. The molecule has 3 aliphatic heterocycles. The number of halogens is 1. The van der Waals surface area contributed by atoms with Gasteiger partial charge in [0.05, 0.1) is 0 Å². The second kappa shape index (κ2) is 13.8. The van der Waals surface area contributed by atoms with Gasteiger partial charge in [-0.1, -0.05) is 78.0 Å². The lowest BCUT2D eigenvalue weighted by molar-refractivity contribution is -0.125. The molecular weight excluding hydrogens is 624 g/mol. The zero-order valence-electron chi connectivity index (χ0n) is 26.9. The fourth-order valence-corrected chi connectivity index (χ4v) is 8.98. The highest BCUT2D eigenvalue weighted by Crippen LogP contribution is 2.51. The topological polar surface area (TPSA) is 55.9 Å². The third-order valence-corrected chi connectivity index (χ3v) is 11.3. The minimum Gasteiger partial charge on any atom is -0.369 e. The summed E-state index contributed by atoms with van der Waals surface area (Å²) in [5.41, 5.74) is 5.65. The largest absolute Gasteiger partial charge is 0.369 e. The number of rotatable bonds is 9. The van der Waals surface area contributed by atoms with Crippen molar-refractivity contribution >= 4 is 40.9 Å². The molecule has 1 N–H and O–H groups in total. The Hall–Kier alpha value is -3.78. The van der Waals surface area contributed by atoms with Crippen LogP contribution in [0.2, 0.25) is 5.02 Å². The summed E-state index contributed by atoms with van der Waals surface area (Å²) in [4.78, 5) is 36.8. The fourth-order valence-electron chi connectivity index (χ4n) is 7.53. The predicted molar refractivity (Wildman–Crippen MR) is 191 cm³/mol. The zero-order chi connectivity index (χ0) is 32.4. The van der Waals surface area contributed by atoms with E-state index in [1.54, 1.807) is 11.8 Å². The molecule has 2 amide bonds. The number of hydrogen-bond donors (Lipinski definition) is 1. The van der Waals surface area contributed by atoms with Gasteiger partial charge in [-0.15, -0.1) is 0 Å². The van der Waals surface area contributed by atoms with E-state index in [4.69, 9.17) is 11.6 Å². The number of piperazine rings is 1. The molecule has 0 bridgehead atoms. The van der Waals surface area contributed by atoms with Crippen LogP contribution in [0.25, 0.3) is 0 Å². The van der Waals surface area contributed by atoms with Gasteiger partial charge in [-0.2, -0.15) is 0 Å². The highest BCUT2D eigenvalue weighted by Gasteiger charge is 2.46. The van der Waals surface area contributed by atoms with Gasteiger partial charge in [0.25, 0.3) is 5.91 Å². The highest BCUT2D eigenvalue weighted by atomic mass is 35.5. The van der Waals surface area contributed by atoms with Crippen molar-refractivity contribution in [2.24, 2.45) is 0 Å². The lowest BCUT2D eigenvalue weighted by Gasteiger charge is -2.40. The average Bonchev–Trinajstić information content (AvgIpc) is 3.09. The molecule has 7 rings (SSSR count). The molecule has 242 valence electrons. The van der Waals surface area contributed by atoms with Crippen LogP contribution in [0.5, 0.6) is 0 Å². The lowest BCUT2D eigenvalue weighted by Crippen LogP contribution is -2.49. The molecule has 8 heteroatoms. The van der Waals surface area contributed by atoms with Gasteiger partial charge >= 0.3 is 0 Å². The van der Waals surface area contributed by atoms with Crippen molar-refractivity contribution in [1.82, 2.24) is 15.1 Å². The van der Waals surface area contributed by atoms with Gasteiger partial charge in [-0.25, -0.2) is 0 Å². The number of likely N-dealkylation sites (N-methyl/N-ethyl adjacent to an activating group) is 1. The number of carbonyl (C=O) groups excluding carboxylic acids is 2. The fraction of sp³-hybridized carbons (Fsp3) is 0.333. The predicted octanol–water partition coefficient (Wildman–Crippen LogP) is 7.03. The SMILES string of the molecule is CCNC(=O)C1(CCCN2CCN(c3ccc4c(c3)C(=O)N(Cc3cccc(Cl)c3)CC4)CC2)c2ccccc2Sc2ccccc21. The van der Waals surface area contributed by atoms with E-state index in [-0.39, 0.29) is 11.8 Å². The van der Waals surface area contributed by atoms with E-state index in [0.717, 1.165) is 85.5 Å². The first-order valence-electron chi connectivity index (χ1n) is 16.8. The zero-order valence-corrected chi connectivity index (χ0v) is 28.5. The third-order valence-electron chi connectivity index (χ3n) is 9.93. The molecule has 0 saturated carbocycles. The molecule has 4 aromatic carbocycles. The Balaban J connectivity index is 1.01. The van der Waals surface area contributed by atoms with E-state index in [1.165, 1.54) is 9.79 Å². The Morgan fingerprint density at radius 3 is 2.30 bits per heavy atom. The maximum atomic E-state index is 14.0. The number of carbonyl (C=O) groups is 2. The molecular formula is C39H41ClN4O2S. The van der Waals surface area contributed by atoms with Gasteiger partial charge in [0.2, 0.25) is 5.91 Å². The smallest absolute Gasteiger partial charge is 0.254 e. The first-order chi connectivity index (χ1) is 23.0. The number of hydrogen-bond acceptors (Lipinski definition) is 5. The van der Waals surface area contributed by atoms with Crippen LogP contribution in [0.4, 0.5) is 5.69 Å². The molecule has 0 spiro atoms. The second-order valence-electron chi connectivity index (χ2n) is 12.7. The molecule has 0 aliphatic carbocycles. The van der Waals surface area contributed by atoms with Crippen molar-refractivity contribution in [3.8, 4) is 0 Å². The van der Waals surface area contributed by atoms with Crippen LogP contribution in [-0.4, -0.2) is 67.4 Å². The first kappa shape index (κ1) is 31.8. The van der Waals surface area contributed by atoms with Gasteiger partial charge in [-0.05, 0) is 91.4 Å². The van der Waals surface area contributed by atoms with Crippen molar-refractivity contribution in [3.05, 3.63) is 124 Å². The first-order valence-corrected chi connectivity index (χ1v) is 17.9. The summed E-state index contributed by atoms with van der Waals surface area (Å²) < 4.78 is 0. The maximum Gasteiger partial charge on any atom is 0.254 e. The summed E-state index contributed by atoms with van der Waals surface area (Å²) in [6.07, 6.45) is 2.54. The van der Waals surface area contributed by atoms with Gasteiger partial charge in [-0.3, -0.25) is 14.5 Å². The number of fused-ring (bicyclic) bond motifs is 3. The summed E-state index contributed by atoms with van der Waals surface area (Å²) in [5, 5.41) is 3.88. The number of nitrogens with one attached hydrogen (secondary N) is 1. The van der Waals surface area contributed by atoms with Gasteiger partial charge in [0.1, 0.15) is 5.41 Å². The van der Waals surface area contributed by atoms with Crippen LogP contribution in [-0.2, 0) is 23.2 Å². The second-order valence-corrected chi connectivity index (χ2v) is 14.3.